The van der Waals surface area contributed by atoms with Crippen LogP contribution in [0.4, 0.5) is 0 Å². The minimum Gasteiger partial charge on any atom is -0.410 e. The molecule has 0 aromatic carbocycles. The van der Waals surface area contributed by atoms with E-state index < -0.39 is 34.2 Å². The van der Waals surface area contributed by atoms with Gasteiger partial charge in [0.15, 0.2) is 0 Å². The van der Waals surface area contributed by atoms with Crippen molar-refractivity contribution in [1.82, 2.24) is 0 Å². The second-order valence-corrected chi connectivity index (χ2v) is 23.4. The van der Waals surface area contributed by atoms with Crippen LogP contribution in [0, 0.1) is 0 Å². The third kappa shape index (κ3) is 13.5. The highest BCUT2D eigenvalue weighted by Crippen LogP contribution is 2.34. The summed E-state index contributed by atoms with van der Waals surface area (Å²) in [5.74, 6) is 0. The average molecular weight is 569 g/mol. The number of hydrogen-bond acceptors (Lipinski definition) is 4. The molecule has 0 aromatic rings. The van der Waals surface area contributed by atoms with Gasteiger partial charge in [-0.05, 0) is 74.7 Å². The van der Waals surface area contributed by atoms with Gasteiger partial charge in [-0.25, -0.2) is 0 Å². The molecule has 0 spiro atoms. The Labute approximate surface area is 228 Å². The standard InChI is InChI=1S/C28H56O4Si4/c1-9-13-17-21-25-33(5)29-34(6,26-22-18-14-10-2)31-36(8,28-24-20-16-12-4)32-35(7,30-33)27-23-19-15-11-3/h21-28H,9-20H2,1-8H3/b25-21-,26-22-,27-23-,28-24-. The van der Waals surface area contributed by atoms with Gasteiger partial charge in [-0.3, -0.25) is 0 Å². The van der Waals surface area contributed by atoms with Gasteiger partial charge in [0.2, 0.25) is 0 Å². The van der Waals surface area contributed by atoms with Gasteiger partial charge in [0.25, 0.3) is 0 Å². The first kappa shape index (κ1) is 33.7. The molecule has 0 unspecified atom stereocenters. The topological polar surface area (TPSA) is 36.9 Å². The van der Waals surface area contributed by atoms with E-state index in [0.717, 1.165) is 25.7 Å². The molecule has 0 atom stereocenters. The summed E-state index contributed by atoms with van der Waals surface area (Å²) in [6, 6.07) is 0. The zero-order chi connectivity index (χ0) is 27.0. The van der Waals surface area contributed by atoms with Crippen LogP contribution in [-0.4, -0.2) is 34.2 Å². The van der Waals surface area contributed by atoms with Crippen LogP contribution in [0.15, 0.2) is 47.1 Å². The molecule has 1 rings (SSSR count). The van der Waals surface area contributed by atoms with Crippen LogP contribution in [0.2, 0.25) is 26.2 Å². The smallest absolute Gasteiger partial charge is 0.344 e. The fourth-order valence-electron chi connectivity index (χ4n) is 4.44. The minimum atomic E-state index is -2.69. The van der Waals surface area contributed by atoms with Crippen molar-refractivity contribution in [3.63, 3.8) is 0 Å². The van der Waals surface area contributed by atoms with Gasteiger partial charge in [0.05, 0.1) is 0 Å². The van der Waals surface area contributed by atoms with Gasteiger partial charge in [-0.2, -0.15) is 0 Å². The largest absolute Gasteiger partial charge is 0.410 e. The molecule has 4 nitrogen and oxygen atoms in total. The van der Waals surface area contributed by atoms with Crippen molar-refractivity contribution in [1.29, 1.82) is 0 Å². The first-order valence-corrected chi connectivity index (χ1v) is 24.2. The van der Waals surface area contributed by atoms with E-state index in [9.17, 15) is 0 Å². The second kappa shape index (κ2) is 17.3. The molecule has 8 heteroatoms. The maximum atomic E-state index is 7.05. The van der Waals surface area contributed by atoms with Crippen molar-refractivity contribution in [3.05, 3.63) is 47.1 Å². The lowest BCUT2D eigenvalue weighted by atomic mass is 10.2. The second-order valence-electron chi connectivity index (χ2n) is 10.7. The van der Waals surface area contributed by atoms with E-state index in [4.69, 9.17) is 16.5 Å². The van der Waals surface area contributed by atoms with Crippen molar-refractivity contribution in [3.8, 4) is 0 Å². The number of hydrogen-bond donors (Lipinski definition) is 0. The fraction of sp³-hybridized carbons (Fsp3) is 0.714. The molecule has 0 amide bonds. The Morgan fingerprint density at radius 1 is 0.389 bits per heavy atom. The average Bonchev–Trinajstić information content (AvgIpc) is 2.79. The summed E-state index contributed by atoms with van der Waals surface area (Å²) in [4.78, 5) is 0. The molecule has 36 heavy (non-hydrogen) atoms. The van der Waals surface area contributed by atoms with Crippen LogP contribution < -0.4 is 0 Å². The Balaban J connectivity index is 3.43. The SMILES string of the molecule is CCCC/C=C\[Si]1(C)O[Si](C)(/C=C\CCCC)O[Si](C)(/C=C\CCCC)O[Si](C)(/C=C\CCCC)O1. The van der Waals surface area contributed by atoms with E-state index in [-0.39, 0.29) is 0 Å². The van der Waals surface area contributed by atoms with Crippen LogP contribution in [0.25, 0.3) is 0 Å². The molecule has 0 aromatic heterocycles. The summed E-state index contributed by atoms with van der Waals surface area (Å²) >= 11 is 0. The minimum absolute atomic E-state index is 1.05. The van der Waals surface area contributed by atoms with Crippen LogP contribution in [0.5, 0.6) is 0 Å². The predicted octanol–water partition coefficient (Wildman–Crippen LogP) is 9.50. The van der Waals surface area contributed by atoms with E-state index in [2.05, 4.69) is 101 Å². The molecular weight excluding hydrogens is 513 g/mol. The lowest BCUT2D eigenvalue weighted by Gasteiger charge is -2.47. The highest BCUT2D eigenvalue weighted by Gasteiger charge is 2.54. The first-order chi connectivity index (χ1) is 17.1. The molecule has 208 valence electrons. The third-order valence-electron chi connectivity index (χ3n) is 6.20. The van der Waals surface area contributed by atoms with Crippen molar-refractivity contribution < 1.29 is 16.5 Å². The molecular formula is C28H56O4Si4. The number of allylic oxidation sites excluding steroid dienone is 4. The molecule has 1 aliphatic heterocycles. The van der Waals surface area contributed by atoms with Gasteiger partial charge < -0.3 is 16.5 Å². The summed E-state index contributed by atoms with van der Waals surface area (Å²) in [6.45, 7) is 17.6. The normalized spacial score (nSPS) is 32.2. The van der Waals surface area contributed by atoms with E-state index in [1.807, 2.05) is 0 Å². The van der Waals surface area contributed by atoms with E-state index in [0.29, 0.717) is 0 Å². The summed E-state index contributed by atoms with van der Waals surface area (Å²) in [5, 5.41) is 0. The van der Waals surface area contributed by atoms with Crippen LogP contribution in [0.1, 0.15) is 105 Å². The lowest BCUT2D eigenvalue weighted by molar-refractivity contribution is 0.250. The van der Waals surface area contributed by atoms with E-state index in [1.165, 1.54) is 51.4 Å². The predicted molar refractivity (Wildman–Crippen MR) is 165 cm³/mol. The molecule has 0 N–H and O–H groups in total. The van der Waals surface area contributed by atoms with Crippen LogP contribution in [-0.2, 0) is 16.5 Å². The van der Waals surface area contributed by atoms with Crippen LogP contribution in [0.3, 0.4) is 0 Å². The van der Waals surface area contributed by atoms with Crippen molar-refractivity contribution in [2.24, 2.45) is 0 Å². The highest BCUT2D eigenvalue weighted by molar-refractivity contribution is 6.98. The van der Waals surface area contributed by atoms with Gasteiger partial charge in [0, 0.05) is 0 Å². The van der Waals surface area contributed by atoms with Gasteiger partial charge in [-0.15, -0.1) is 0 Å². The molecule has 1 aliphatic rings. The Hall–Kier alpha value is -0.332. The summed E-state index contributed by atoms with van der Waals surface area (Å²) in [5.41, 5.74) is 8.97. The van der Waals surface area contributed by atoms with Crippen molar-refractivity contribution in [2.75, 3.05) is 0 Å². The molecule has 1 fully saturated rings. The lowest BCUT2D eigenvalue weighted by Crippen LogP contribution is -2.66. The van der Waals surface area contributed by atoms with E-state index >= 15 is 0 Å². The summed E-state index contributed by atoms with van der Waals surface area (Å²) in [7, 11) is -10.8. The van der Waals surface area contributed by atoms with Crippen LogP contribution >= 0.6 is 0 Å². The van der Waals surface area contributed by atoms with E-state index in [1.54, 1.807) is 0 Å². The molecule has 0 bridgehead atoms. The number of unbranched alkanes of at least 4 members (excludes halogenated alkanes) is 8. The van der Waals surface area contributed by atoms with Gasteiger partial charge >= 0.3 is 34.2 Å². The Morgan fingerprint density at radius 3 is 0.750 bits per heavy atom. The van der Waals surface area contributed by atoms with Gasteiger partial charge in [0.1, 0.15) is 0 Å². The number of rotatable bonds is 16. The molecule has 0 saturated carbocycles. The summed E-state index contributed by atoms with van der Waals surface area (Å²) in [6.07, 6.45) is 22.7. The molecule has 0 aliphatic carbocycles. The maximum Gasteiger partial charge on any atom is 0.344 e. The summed E-state index contributed by atoms with van der Waals surface area (Å²) < 4.78 is 28.2. The molecule has 1 heterocycles. The Kier molecular flexibility index (Phi) is 16.2. The Bertz CT molecular complexity index is 592. The molecule has 0 radical (unpaired) electrons. The Morgan fingerprint density at radius 2 is 0.583 bits per heavy atom. The first-order valence-electron chi connectivity index (χ1n) is 14.6. The highest BCUT2D eigenvalue weighted by atomic mass is 28.5. The van der Waals surface area contributed by atoms with Gasteiger partial charge in [-0.1, -0.05) is 103 Å². The zero-order valence-corrected chi connectivity index (χ0v) is 28.7. The zero-order valence-electron chi connectivity index (χ0n) is 24.7. The molecule has 1 saturated heterocycles. The quantitative estimate of drug-likeness (QED) is 0.137. The third-order valence-corrected chi connectivity index (χ3v) is 22.5. The monoisotopic (exact) mass is 568 g/mol. The van der Waals surface area contributed by atoms with Crippen molar-refractivity contribution >= 4 is 34.2 Å². The fourth-order valence-corrected chi connectivity index (χ4v) is 24.0. The van der Waals surface area contributed by atoms with Crippen molar-refractivity contribution in [2.45, 2.75) is 131 Å². The maximum absolute atomic E-state index is 7.05.